The molecule has 17 heavy (non-hydrogen) atoms. The van der Waals surface area contributed by atoms with Gasteiger partial charge in [-0.05, 0) is 30.0 Å². The van der Waals surface area contributed by atoms with E-state index in [4.69, 9.17) is 5.11 Å². The van der Waals surface area contributed by atoms with Crippen molar-refractivity contribution in [3.63, 3.8) is 0 Å². The molecule has 3 nitrogen and oxygen atoms in total. The number of aliphatic hydroxyl groups is 1. The molecule has 0 saturated heterocycles. The molecule has 3 heteroatoms. The molecule has 2 aromatic rings. The lowest BCUT2D eigenvalue weighted by atomic mass is 10.0. The largest absolute Gasteiger partial charge is 0.396 e. The quantitative estimate of drug-likeness (QED) is 0.880. The first kappa shape index (κ1) is 12.1. The van der Waals surface area contributed by atoms with Crippen LogP contribution in [-0.4, -0.2) is 21.3 Å². The van der Waals surface area contributed by atoms with Crippen LogP contribution < -0.4 is 0 Å². The van der Waals surface area contributed by atoms with Crippen LogP contribution in [0.4, 0.5) is 0 Å². The van der Waals surface area contributed by atoms with Gasteiger partial charge in [-0.2, -0.15) is 0 Å². The second-order valence-electron chi connectivity index (χ2n) is 4.82. The molecule has 0 aliphatic rings. The first-order valence-electron chi connectivity index (χ1n) is 6.19. The molecular weight excluding hydrogens is 212 g/mol. The Morgan fingerprint density at radius 1 is 1.35 bits per heavy atom. The van der Waals surface area contributed by atoms with Gasteiger partial charge in [-0.25, -0.2) is 4.98 Å². The minimum atomic E-state index is 0.223. The standard InChI is InChI=1S/C14H20N2O/c1-10(2)11-6-7-13-12(9-11)15-14(16(13)3)5-4-8-17/h6-7,9-10,17H,4-5,8H2,1-3H3. The van der Waals surface area contributed by atoms with Crippen molar-refractivity contribution in [1.29, 1.82) is 0 Å². The van der Waals surface area contributed by atoms with E-state index in [-0.39, 0.29) is 6.61 Å². The van der Waals surface area contributed by atoms with Gasteiger partial charge in [-0.3, -0.25) is 0 Å². The first-order valence-corrected chi connectivity index (χ1v) is 6.19. The number of hydrogen-bond acceptors (Lipinski definition) is 2. The fraction of sp³-hybridized carbons (Fsp3) is 0.500. The average molecular weight is 232 g/mol. The maximum atomic E-state index is 8.87. The summed E-state index contributed by atoms with van der Waals surface area (Å²) >= 11 is 0. The van der Waals surface area contributed by atoms with E-state index in [9.17, 15) is 0 Å². The molecule has 0 aliphatic heterocycles. The Hall–Kier alpha value is -1.35. The van der Waals surface area contributed by atoms with Crippen LogP contribution >= 0.6 is 0 Å². The highest BCUT2D eigenvalue weighted by molar-refractivity contribution is 5.77. The van der Waals surface area contributed by atoms with E-state index < -0.39 is 0 Å². The molecule has 0 bridgehead atoms. The predicted molar refractivity (Wildman–Crippen MR) is 70.2 cm³/mol. The zero-order chi connectivity index (χ0) is 12.4. The maximum absolute atomic E-state index is 8.87. The summed E-state index contributed by atoms with van der Waals surface area (Å²) < 4.78 is 2.12. The molecular formula is C14H20N2O. The smallest absolute Gasteiger partial charge is 0.109 e. The number of nitrogens with zero attached hydrogens (tertiary/aromatic N) is 2. The van der Waals surface area contributed by atoms with Crippen molar-refractivity contribution in [2.45, 2.75) is 32.6 Å². The third kappa shape index (κ3) is 2.34. The van der Waals surface area contributed by atoms with Gasteiger partial charge in [0.15, 0.2) is 0 Å². The lowest BCUT2D eigenvalue weighted by molar-refractivity contribution is 0.287. The summed E-state index contributed by atoms with van der Waals surface area (Å²) in [6.07, 6.45) is 1.60. The molecule has 0 atom stereocenters. The van der Waals surface area contributed by atoms with Crippen molar-refractivity contribution in [3.8, 4) is 0 Å². The van der Waals surface area contributed by atoms with Crippen LogP contribution in [0.25, 0.3) is 11.0 Å². The number of hydrogen-bond donors (Lipinski definition) is 1. The molecule has 1 aromatic carbocycles. The van der Waals surface area contributed by atoms with Crippen LogP contribution in [0.3, 0.4) is 0 Å². The molecule has 0 radical (unpaired) electrons. The van der Waals surface area contributed by atoms with Gasteiger partial charge in [0.2, 0.25) is 0 Å². The Labute approximate surface area is 102 Å². The number of aromatic nitrogens is 2. The Kier molecular flexibility index (Phi) is 3.48. The van der Waals surface area contributed by atoms with Crippen molar-refractivity contribution in [1.82, 2.24) is 9.55 Å². The fourth-order valence-corrected chi connectivity index (χ4v) is 2.09. The van der Waals surface area contributed by atoms with Gasteiger partial charge in [-0.1, -0.05) is 19.9 Å². The van der Waals surface area contributed by atoms with Crippen LogP contribution in [0.2, 0.25) is 0 Å². The lowest BCUT2D eigenvalue weighted by Gasteiger charge is -2.04. The molecule has 0 amide bonds. The second kappa shape index (κ2) is 4.88. The van der Waals surface area contributed by atoms with Gasteiger partial charge >= 0.3 is 0 Å². The summed E-state index contributed by atoms with van der Waals surface area (Å²) in [5.74, 6) is 1.58. The molecule has 0 unspecified atom stereocenters. The van der Waals surface area contributed by atoms with E-state index in [1.54, 1.807) is 0 Å². The Morgan fingerprint density at radius 2 is 2.12 bits per heavy atom. The molecule has 1 heterocycles. The molecule has 0 saturated carbocycles. The summed E-state index contributed by atoms with van der Waals surface area (Å²) in [6.45, 7) is 4.61. The molecule has 0 spiro atoms. The van der Waals surface area contributed by atoms with Crippen LogP contribution in [0.1, 0.15) is 37.6 Å². The number of benzene rings is 1. The van der Waals surface area contributed by atoms with E-state index in [1.165, 1.54) is 11.1 Å². The minimum absolute atomic E-state index is 0.223. The van der Waals surface area contributed by atoms with E-state index in [1.807, 2.05) is 7.05 Å². The predicted octanol–water partition coefficient (Wildman–Crippen LogP) is 2.62. The molecule has 0 aliphatic carbocycles. The van der Waals surface area contributed by atoms with Crippen molar-refractivity contribution < 1.29 is 5.11 Å². The normalized spacial score (nSPS) is 11.6. The number of aliphatic hydroxyl groups excluding tert-OH is 1. The highest BCUT2D eigenvalue weighted by Crippen LogP contribution is 2.21. The van der Waals surface area contributed by atoms with Crippen LogP contribution in [0, 0.1) is 0 Å². The monoisotopic (exact) mass is 232 g/mol. The summed E-state index contributed by atoms with van der Waals surface area (Å²) in [6, 6.07) is 6.48. The van der Waals surface area contributed by atoms with Crippen molar-refractivity contribution in [3.05, 3.63) is 29.6 Å². The number of imidazole rings is 1. The third-order valence-electron chi connectivity index (χ3n) is 3.22. The summed E-state index contributed by atoms with van der Waals surface area (Å²) in [5.41, 5.74) is 3.55. The Morgan fingerprint density at radius 3 is 2.76 bits per heavy atom. The zero-order valence-corrected chi connectivity index (χ0v) is 10.8. The zero-order valence-electron chi connectivity index (χ0n) is 10.8. The highest BCUT2D eigenvalue weighted by Gasteiger charge is 2.09. The van der Waals surface area contributed by atoms with Crippen LogP contribution in [-0.2, 0) is 13.5 Å². The van der Waals surface area contributed by atoms with Gasteiger partial charge in [0.1, 0.15) is 5.82 Å². The number of fused-ring (bicyclic) bond motifs is 1. The molecule has 0 fully saturated rings. The van der Waals surface area contributed by atoms with Gasteiger partial charge < -0.3 is 9.67 Å². The number of aryl methyl sites for hydroxylation is 2. The van der Waals surface area contributed by atoms with Gasteiger partial charge in [0.05, 0.1) is 11.0 Å². The molecule has 1 aromatic heterocycles. The van der Waals surface area contributed by atoms with E-state index in [2.05, 4.69) is 41.6 Å². The van der Waals surface area contributed by atoms with Gasteiger partial charge in [0.25, 0.3) is 0 Å². The second-order valence-corrected chi connectivity index (χ2v) is 4.82. The maximum Gasteiger partial charge on any atom is 0.109 e. The van der Waals surface area contributed by atoms with E-state index in [0.29, 0.717) is 5.92 Å². The van der Waals surface area contributed by atoms with Crippen molar-refractivity contribution >= 4 is 11.0 Å². The summed E-state index contributed by atoms with van der Waals surface area (Å²) in [4.78, 5) is 4.64. The average Bonchev–Trinajstić information content (AvgIpc) is 2.63. The Balaban J connectivity index is 2.42. The Bertz CT molecular complexity index is 514. The molecule has 92 valence electrons. The van der Waals surface area contributed by atoms with Crippen molar-refractivity contribution in [2.24, 2.45) is 7.05 Å². The van der Waals surface area contributed by atoms with Crippen molar-refractivity contribution in [2.75, 3.05) is 6.61 Å². The van der Waals surface area contributed by atoms with E-state index in [0.717, 1.165) is 24.2 Å². The topological polar surface area (TPSA) is 38.1 Å². The fourth-order valence-electron chi connectivity index (χ4n) is 2.09. The first-order chi connectivity index (χ1) is 8.13. The van der Waals surface area contributed by atoms with Gasteiger partial charge in [-0.15, -0.1) is 0 Å². The summed E-state index contributed by atoms with van der Waals surface area (Å²) in [5, 5.41) is 8.87. The third-order valence-corrected chi connectivity index (χ3v) is 3.22. The highest BCUT2D eigenvalue weighted by atomic mass is 16.2. The van der Waals surface area contributed by atoms with Gasteiger partial charge in [0, 0.05) is 20.1 Å². The number of rotatable bonds is 4. The molecule has 1 N–H and O–H groups in total. The molecule has 2 rings (SSSR count). The SMILES string of the molecule is CC(C)c1ccc2c(c1)nc(CCCO)n2C. The van der Waals surface area contributed by atoms with Crippen LogP contribution in [0.15, 0.2) is 18.2 Å². The lowest BCUT2D eigenvalue weighted by Crippen LogP contribution is -1.99. The van der Waals surface area contributed by atoms with Crippen LogP contribution in [0.5, 0.6) is 0 Å². The summed E-state index contributed by atoms with van der Waals surface area (Å²) in [7, 11) is 2.04. The minimum Gasteiger partial charge on any atom is -0.396 e. The van der Waals surface area contributed by atoms with E-state index >= 15 is 0 Å².